The van der Waals surface area contributed by atoms with Crippen LogP contribution in [-0.4, -0.2) is 14.5 Å². The fourth-order valence-electron chi connectivity index (χ4n) is 7.68. The lowest BCUT2D eigenvalue weighted by atomic mass is 9.74. The number of aromatic nitrogens is 3. The van der Waals surface area contributed by atoms with Gasteiger partial charge in [0.15, 0.2) is 5.82 Å². The van der Waals surface area contributed by atoms with Crippen LogP contribution in [-0.2, 0) is 5.41 Å². The number of nitrogens with zero attached hydrogens (tertiary/aromatic N) is 3. The number of hydrogen-bond acceptors (Lipinski definition) is 3. The zero-order chi connectivity index (χ0) is 31.3. The highest BCUT2D eigenvalue weighted by Crippen LogP contribution is 2.51. The molecular weight excluding hydrogens is 591 g/mol. The van der Waals surface area contributed by atoms with Crippen molar-refractivity contribution in [2.45, 2.75) is 19.3 Å². The molecule has 6 aromatic carbocycles. The molecule has 10 rings (SSSR count). The van der Waals surface area contributed by atoms with E-state index >= 15 is 0 Å². The third-order valence-corrected chi connectivity index (χ3v) is 11.2. The van der Waals surface area contributed by atoms with Gasteiger partial charge in [0.2, 0.25) is 0 Å². The van der Waals surface area contributed by atoms with Gasteiger partial charge < -0.3 is 4.57 Å². The largest absolute Gasteiger partial charge is 0.307 e. The third kappa shape index (κ3) is 3.79. The van der Waals surface area contributed by atoms with Crippen LogP contribution in [0.25, 0.3) is 81.6 Å². The maximum absolute atomic E-state index is 5.15. The number of hydrogen-bond donors (Lipinski definition) is 0. The Bertz CT molecular complexity index is 2710. The SMILES string of the molecule is CC1(C)c2cc(-c3cccc(-c4nc(-c5ccccc5)nc5ccccc45)c3)ccc2-n2c3c1cccc3c1sc3ccccc3c12. The van der Waals surface area contributed by atoms with Gasteiger partial charge >= 0.3 is 0 Å². The number of rotatable bonds is 3. The molecule has 0 radical (unpaired) electrons. The number of thiophene rings is 1. The molecule has 0 unspecified atom stereocenters. The molecule has 1 aliphatic heterocycles. The summed E-state index contributed by atoms with van der Waals surface area (Å²) in [6.07, 6.45) is 0. The Kier molecular flexibility index (Phi) is 5.50. The second-order valence-electron chi connectivity index (χ2n) is 13.0. The minimum Gasteiger partial charge on any atom is -0.307 e. The molecule has 47 heavy (non-hydrogen) atoms. The molecule has 1 aliphatic rings. The monoisotopic (exact) mass is 619 g/mol. The van der Waals surface area contributed by atoms with Crippen LogP contribution in [0.1, 0.15) is 25.0 Å². The Morgan fingerprint density at radius 2 is 1.23 bits per heavy atom. The van der Waals surface area contributed by atoms with E-state index in [2.05, 4.69) is 134 Å². The van der Waals surface area contributed by atoms with Gasteiger partial charge in [0.25, 0.3) is 0 Å². The molecule has 4 heteroatoms. The molecule has 3 aromatic heterocycles. The first-order chi connectivity index (χ1) is 23.1. The van der Waals surface area contributed by atoms with Crippen molar-refractivity contribution in [1.82, 2.24) is 14.5 Å². The Labute approximate surface area is 276 Å². The summed E-state index contributed by atoms with van der Waals surface area (Å²) in [5, 5.41) is 3.72. The van der Waals surface area contributed by atoms with Crippen LogP contribution >= 0.6 is 11.3 Å². The molecule has 0 bridgehead atoms. The molecule has 0 atom stereocenters. The van der Waals surface area contributed by atoms with Gasteiger partial charge in [0, 0.05) is 37.4 Å². The van der Waals surface area contributed by atoms with Gasteiger partial charge in [0.05, 0.1) is 32.6 Å². The lowest BCUT2D eigenvalue weighted by molar-refractivity contribution is 0.630. The maximum Gasteiger partial charge on any atom is 0.160 e. The number of benzene rings is 6. The fraction of sp³-hybridized carbons (Fsp3) is 0.0698. The molecule has 0 amide bonds. The lowest BCUT2D eigenvalue weighted by Crippen LogP contribution is -2.26. The summed E-state index contributed by atoms with van der Waals surface area (Å²) in [6.45, 7) is 4.75. The van der Waals surface area contributed by atoms with E-state index in [0.717, 1.165) is 33.5 Å². The zero-order valence-electron chi connectivity index (χ0n) is 26.0. The van der Waals surface area contributed by atoms with Crippen LogP contribution in [0.5, 0.6) is 0 Å². The normalized spacial score (nSPS) is 13.5. The van der Waals surface area contributed by atoms with E-state index in [4.69, 9.17) is 9.97 Å². The Balaban J connectivity index is 1.17. The zero-order valence-corrected chi connectivity index (χ0v) is 26.8. The summed E-state index contributed by atoms with van der Waals surface area (Å²) in [6, 6.07) is 50.1. The summed E-state index contributed by atoms with van der Waals surface area (Å²) >= 11 is 1.91. The summed E-state index contributed by atoms with van der Waals surface area (Å²) in [7, 11) is 0. The highest BCUT2D eigenvalue weighted by atomic mass is 32.1. The van der Waals surface area contributed by atoms with Crippen molar-refractivity contribution >= 4 is 53.4 Å². The van der Waals surface area contributed by atoms with Crippen LogP contribution in [0.2, 0.25) is 0 Å². The molecule has 4 heterocycles. The fourth-order valence-corrected chi connectivity index (χ4v) is 8.89. The van der Waals surface area contributed by atoms with E-state index < -0.39 is 0 Å². The van der Waals surface area contributed by atoms with Crippen LogP contribution in [0.4, 0.5) is 0 Å². The predicted molar refractivity (Wildman–Crippen MR) is 198 cm³/mol. The van der Waals surface area contributed by atoms with Gasteiger partial charge in [0.1, 0.15) is 0 Å². The Morgan fingerprint density at radius 3 is 2.13 bits per heavy atom. The van der Waals surface area contributed by atoms with Crippen LogP contribution in [0.3, 0.4) is 0 Å². The topological polar surface area (TPSA) is 30.7 Å². The molecule has 0 saturated heterocycles. The van der Waals surface area contributed by atoms with Gasteiger partial charge in [-0.15, -0.1) is 11.3 Å². The van der Waals surface area contributed by atoms with Crippen LogP contribution in [0, 0.1) is 0 Å². The summed E-state index contributed by atoms with van der Waals surface area (Å²) < 4.78 is 5.24. The minimum absolute atomic E-state index is 0.165. The van der Waals surface area contributed by atoms with Gasteiger partial charge in [-0.25, -0.2) is 9.97 Å². The van der Waals surface area contributed by atoms with Crippen molar-refractivity contribution in [2.75, 3.05) is 0 Å². The van der Waals surface area contributed by atoms with Crippen molar-refractivity contribution in [3.8, 4) is 39.5 Å². The van der Waals surface area contributed by atoms with Crippen LogP contribution in [0.15, 0.2) is 140 Å². The molecule has 0 spiro atoms. The average molecular weight is 620 g/mol. The Hall–Kier alpha value is -5.58. The molecule has 222 valence electrons. The molecule has 3 nitrogen and oxygen atoms in total. The molecular formula is C43H29N3S. The summed E-state index contributed by atoms with van der Waals surface area (Å²) in [5.74, 6) is 0.740. The quantitative estimate of drug-likeness (QED) is 0.197. The van der Waals surface area contributed by atoms with E-state index in [1.54, 1.807) is 0 Å². The highest BCUT2D eigenvalue weighted by Gasteiger charge is 2.36. The molecule has 0 aliphatic carbocycles. The first-order valence-electron chi connectivity index (χ1n) is 16.1. The van der Waals surface area contributed by atoms with Gasteiger partial charge in [-0.1, -0.05) is 123 Å². The lowest BCUT2D eigenvalue weighted by Gasteiger charge is -2.35. The highest BCUT2D eigenvalue weighted by molar-refractivity contribution is 7.26. The smallest absolute Gasteiger partial charge is 0.160 e. The second kappa shape index (κ2) is 9.71. The standard InChI is InChI=1S/C43H29N3S/c1-43(2)33-19-11-18-32-39(33)46(40-31-17-7-9-21-37(31)47-41(32)40)36-23-22-28(25-34(36)43)27-14-10-15-29(24-27)38-30-16-6-8-20-35(30)44-42(45-38)26-12-4-3-5-13-26/h3-25H,1-2H3. The second-order valence-corrected chi connectivity index (χ2v) is 14.1. The predicted octanol–water partition coefficient (Wildman–Crippen LogP) is 11.6. The van der Waals surface area contributed by atoms with E-state index in [9.17, 15) is 0 Å². The maximum atomic E-state index is 5.15. The first kappa shape index (κ1) is 26.6. The molecule has 9 aromatic rings. The molecule has 0 saturated carbocycles. The first-order valence-corrected chi connectivity index (χ1v) is 16.9. The van der Waals surface area contributed by atoms with E-state index in [1.807, 2.05) is 35.6 Å². The van der Waals surface area contributed by atoms with E-state index in [1.165, 1.54) is 59.1 Å². The van der Waals surface area contributed by atoms with Crippen molar-refractivity contribution < 1.29 is 0 Å². The van der Waals surface area contributed by atoms with Crippen molar-refractivity contribution in [3.05, 3.63) is 151 Å². The van der Waals surface area contributed by atoms with Crippen molar-refractivity contribution in [1.29, 1.82) is 0 Å². The molecule has 0 fully saturated rings. The van der Waals surface area contributed by atoms with Gasteiger partial charge in [-0.3, -0.25) is 0 Å². The number of para-hydroxylation sites is 2. The summed E-state index contributed by atoms with van der Waals surface area (Å²) in [5.41, 5.74) is 12.9. The Morgan fingerprint density at radius 1 is 0.532 bits per heavy atom. The van der Waals surface area contributed by atoms with Crippen LogP contribution < -0.4 is 0 Å². The van der Waals surface area contributed by atoms with Gasteiger partial charge in [-0.2, -0.15) is 0 Å². The van der Waals surface area contributed by atoms with E-state index in [0.29, 0.717) is 0 Å². The van der Waals surface area contributed by atoms with Crippen molar-refractivity contribution in [3.63, 3.8) is 0 Å². The summed E-state index contributed by atoms with van der Waals surface area (Å²) in [4.78, 5) is 10.1. The third-order valence-electron chi connectivity index (χ3n) is 9.99. The van der Waals surface area contributed by atoms with Gasteiger partial charge in [-0.05, 0) is 52.6 Å². The van der Waals surface area contributed by atoms with Crippen molar-refractivity contribution in [2.24, 2.45) is 0 Å². The minimum atomic E-state index is -0.165. The number of fused-ring (bicyclic) bond motifs is 8. The van der Waals surface area contributed by atoms with E-state index in [-0.39, 0.29) is 5.41 Å². The molecule has 0 N–H and O–H groups in total. The average Bonchev–Trinajstić information content (AvgIpc) is 3.66.